The fourth-order valence-corrected chi connectivity index (χ4v) is 1.70. The molecule has 1 atom stereocenters. The molecule has 1 heterocycles. The average molecular weight is 268 g/mol. The van der Waals surface area contributed by atoms with Crippen LogP contribution in [0.15, 0.2) is 0 Å². The predicted molar refractivity (Wildman–Crippen MR) is 57.1 cm³/mol. The minimum Gasteiger partial charge on any atom is -0.363 e. The molecular weight excluding hydrogens is 257 g/mol. The van der Waals surface area contributed by atoms with Crippen molar-refractivity contribution in [3.63, 3.8) is 0 Å². The second kappa shape index (κ2) is 5.30. The van der Waals surface area contributed by atoms with Gasteiger partial charge in [0.25, 0.3) is 5.91 Å². The fourth-order valence-electron chi connectivity index (χ4n) is 1.10. The first-order chi connectivity index (χ1) is 7.81. The quantitative estimate of drug-likeness (QED) is 0.871. The number of hydrogen-bond acceptors (Lipinski definition) is 5. The fraction of sp³-hybridized carbons (Fsp3) is 0.625. The monoisotopic (exact) mass is 268 g/mol. The molecule has 1 rings (SSSR count). The molecule has 96 valence electrons. The van der Waals surface area contributed by atoms with Gasteiger partial charge >= 0.3 is 6.18 Å². The highest BCUT2D eigenvalue weighted by Gasteiger charge is 2.31. The molecule has 17 heavy (non-hydrogen) atoms. The summed E-state index contributed by atoms with van der Waals surface area (Å²) in [5, 5.41) is 12.5. The van der Waals surface area contributed by atoms with E-state index in [0.29, 0.717) is 5.13 Å². The Balaban J connectivity index is 2.54. The lowest BCUT2D eigenvalue weighted by Gasteiger charge is -2.14. The lowest BCUT2D eigenvalue weighted by Crippen LogP contribution is -2.35. The van der Waals surface area contributed by atoms with Crippen LogP contribution in [0.5, 0.6) is 0 Å². The van der Waals surface area contributed by atoms with Gasteiger partial charge in [-0.05, 0) is 6.92 Å². The van der Waals surface area contributed by atoms with Gasteiger partial charge in [0.15, 0.2) is 0 Å². The highest BCUT2D eigenvalue weighted by atomic mass is 32.1. The molecule has 0 saturated heterocycles. The Hall–Kier alpha value is -1.38. The lowest BCUT2D eigenvalue weighted by atomic mass is 10.2. The first kappa shape index (κ1) is 13.7. The summed E-state index contributed by atoms with van der Waals surface area (Å²) in [5.74, 6) is -0.652. The topological polar surface area (TPSA) is 66.9 Å². The summed E-state index contributed by atoms with van der Waals surface area (Å²) in [7, 11) is 1.61. The van der Waals surface area contributed by atoms with Crippen LogP contribution >= 0.6 is 11.3 Å². The van der Waals surface area contributed by atoms with Gasteiger partial charge in [-0.15, -0.1) is 10.2 Å². The molecule has 0 saturated carbocycles. The molecular formula is C8H11F3N4OS. The molecule has 9 heteroatoms. The van der Waals surface area contributed by atoms with Crippen molar-refractivity contribution < 1.29 is 18.0 Å². The van der Waals surface area contributed by atoms with Crippen molar-refractivity contribution in [2.75, 3.05) is 12.4 Å². The molecule has 5 nitrogen and oxygen atoms in total. The minimum absolute atomic E-state index is 0.0309. The number of carbonyl (C=O) groups is 1. The zero-order chi connectivity index (χ0) is 13.1. The maximum Gasteiger partial charge on any atom is 0.391 e. The van der Waals surface area contributed by atoms with Gasteiger partial charge in [-0.3, -0.25) is 4.79 Å². The summed E-state index contributed by atoms with van der Waals surface area (Å²) >= 11 is 0.974. The third kappa shape index (κ3) is 4.55. The Morgan fingerprint density at radius 3 is 2.59 bits per heavy atom. The number of nitrogens with zero attached hydrogens (tertiary/aromatic N) is 2. The minimum atomic E-state index is -4.30. The van der Waals surface area contributed by atoms with E-state index in [1.807, 2.05) is 0 Å². The lowest BCUT2D eigenvalue weighted by molar-refractivity contribution is -0.138. The summed E-state index contributed by atoms with van der Waals surface area (Å²) in [6.45, 7) is 1.28. The molecule has 1 aromatic heterocycles. The number of carbonyl (C=O) groups excluding carboxylic acids is 1. The van der Waals surface area contributed by atoms with Crippen molar-refractivity contribution in [3.8, 4) is 0 Å². The summed E-state index contributed by atoms with van der Waals surface area (Å²) < 4.78 is 36.1. The summed E-state index contributed by atoms with van der Waals surface area (Å²) in [6.07, 6.45) is -5.37. The van der Waals surface area contributed by atoms with Crippen molar-refractivity contribution in [1.82, 2.24) is 15.5 Å². The van der Waals surface area contributed by atoms with E-state index < -0.39 is 24.5 Å². The van der Waals surface area contributed by atoms with Crippen molar-refractivity contribution in [2.24, 2.45) is 0 Å². The van der Waals surface area contributed by atoms with E-state index in [-0.39, 0.29) is 5.01 Å². The molecule has 0 aliphatic heterocycles. The number of anilines is 1. The van der Waals surface area contributed by atoms with Gasteiger partial charge in [-0.25, -0.2) is 0 Å². The van der Waals surface area contributed by atoms with Crippen LogP contribution in [0.1, 0.15) is 23.1 Å². The van der Waals surface area contributed by atoms with Crippen LogP contribution in [-0.2, 0) is 0 Å². The number of aromatic nitrogens is 2. The predicted octanol–water partition coefficient (Wildman–Crippen LogP) is 1.65. The molecule has 1 aromatic rings. The second-order valence-electron chi connectivity index (χ2n) is 3.36. The van der Waals surface area contributed by atoms with Gasteiger partial charge in [0, 0.05) is 13.1 Å². The maximum absolute atomic E-state index is 12.0. The van der Waals surface area contributed by atoms with Gasteiger partial charge in [0.2, 0.25) is 10.1 Å². The zero-order valence-electron chi connectivity index (χ0n) is 9.13. The van der Waals surface area contributed by atoms with E-state index in [1.54, 1.807) is 7.05 Å². The largest absolute Gasteiger partial charge is 0.391 e. The van der Waals surface area contributed by atoms with E-state index in [9.17, 15) is 18.0 Å². The SMILES string of the molecule is CNc1nnc(C(=O)NC(C)CC(F)(F)F)s1. The summed E-state index contributed by atoms with van der Waals surface area (Å²) in [5.41, 5.74) is 0. The third-order valence-corrected chi connectivity index (χ3v) is 2.69. The Morgan fingerprint density at radius 1 is 1.47 bits per heavy atom. The number of alkyl halides is 3. The molecule has 0 bridgehead atoms. The highest BCUT2D eigenvalue weighted by Crippen LogP contribution is 2.21. The summed E-state index contributed by atoms with van der Waals surface area (Å²) in [6, 6.07) is -0.996. The van der Waals surface area contributed by atoms with Crippen LogP contribution in [0.3, 0.4) is 0 Å². The molecule has 2 N–H and O–H groups in total. The molecule has 0 radical (unpaired) electrons. The van der Waals surface area contributed by atoms with Crippen LogP contribution in [0.4, 0.5) is 18.3 Å². The standard InChI is InChI=1S/C8H11F3N4OS/c1-4(3-8(9,10)11)13-5(16)6-14-15-7(12-2)17-6/h4H,3H2,1-2H3,(H,12,15)(H,13,16). The van der Waals surface area contributed by atoms with Gasteiger partial charge in [0.05, 0.1) is 6.42 Å². The van der Waals surface area contributed by atoms with E-state index in [0.717, 1.165) is 11.3 Å². The number of nitrogens with one attached hydrogen (secondary N) is 2. The molecule has 0 aromatic carbocycles. The smallest absolute Gasteiger partial charge is 0.363 e. The van der Waals surface area contributed by atoms with Gasteiger partial charge in [-0.1, -0.05) is 11.3 Å². The number of hydrogen-bond donors (Lipinski definition) is 2. The van der Waals surface area contributed by atoms with E-state index in [2.05, 4.69) is 20.8 Å². The van der Waals surface area contributed by atoms with E-state index in [1.165, 1.54) is 6.92 Å². The van der Waals surface area contributed by atoms with Crippen molar-refractivity contribution in [1.29, 1.82) is 0 Å². The van der Waals surface area contributed by atoms with Crippen molar-refractivity contribution in [3.05, 3.63) is 5.01 Å². The molecule has 0 aliphatic carbocycles. The van der Waals surface area contributed by atoms with Crippen LogP contribution in [0.25, 0.3) is 0 Å². The van der Waals surface area contributed by atoms with Gasteiger partial charge in [-0.2, -0.15) is 13.2 Å². The first-order valence-corrected chi connectivity index (χ1v) is 5.52. The van der Waals surface area contributed by atoms with Crippen molar-refractivity contribution >= 4 is 22.4 Å². The Labute approximate surface area is 99.4 Å². The molecule has 0 aliphatic rings. The summed E-state index contributed by atoms with van der Waals surface area (Å²) in [4.78, 5) is 11.5. The van der Waals surface area contributed by atoms with Crippen molar-refractivity contribution in [2.45, 2.75) is 25.6 Å². The molecule has 1 amide bonds. The van der Waals surface area contributed by atoms with E-state index in [4.69, 9.17) is 0 Å². The molecule has 0 fully saturated rings. The van der Waals surface area contributed by atoms with Crippen LogP contribution in [0.2, 0.25) is 0 Å². The first-order valence-electron chi connectivity index (χ1n) is 4.70. The van der Waals surface area contributed by atoms with Crippen LogP contribution in [0, 0.1) is 0 Å². The van der Waals surface area contributed by atoms with Crippen LogP contribution in [-0.4, -0.2) is 35.4 Å². The number of rotatable bonds is 4. The highest BCUT2D eigenvalue weighted by molar-refractivity contribution is 7.17. The Kier molecular flexibility index (Phi) is 4.27. The zero-order valence-corrected chi connectivity index (χ0v) is 9.95. The Morgan fingerprint density at radius 2 is 2.12 bits per heavy atom. The number of halogens is 3. The van der Waals surface area contributed by atoms with E-state index >= 15 is 0 Å². The Bertz CT molecular complexity index is 392. The van der Waals surface area contributed by atoms with Crippen LogP contribution < -0.4 is 10.6 Å². The normalized spacial score (nSPS) is 13.2. The average Bonchev–Trinajstić information content (AvgIpc) is 2.62. The molecule has 1 unspecified atom stereocenters. The number of amides is 1. The third-order valence-electron chi connectivity index (χ3n) is 1.75. The van der Waals surface area contributed by atoms with Gasteiger partial charge in [0.1, 0.15) is 0 Å². The maximum atomic E-state index is 12.0. The second-order valence-corrected chi connectivity index (χ2v) is 4.33. The molecule has 0 spiro atoms. The van der Waals surface area contributed by atoms with Gasteiger partial charge < -0.3 is 10.6 Å².